The van der Waals surface area contributed by atoms with Gasteiger partial charge in [0.15, 0.2) is 0 Å². The maximum Gasteiger partial charge on any atom is 0.271 e. The fraction of sp³-hybridized carbons (Fsp3) is 0.286. The monoisotopic (exact) mass is 647 g/mol. The van der Waals surface area contributed by atoms with Crippen molar-refractivity contribution >= 4 is 62.3 Å². The molecule has 4 N–H and O–H groups in total. The number of aromatic amines is 1. The molecule has 2 aromatic carbocycles. The van der Waals surface area contributed by atoms with Crippen molar-refractivity contribution in [3.05, 3.63) is 82.1 Å². The van der Waals surface area contributed by atoms with Gasteiger partial charge in [0.2, 0.25) is 15.9 Å². The molecule has 0 saturated carbocycles. The maximum absolute atomic E-state index is 13.2. The highest BCUT2D eigenvalue weighted by atomic mass is 35.5. The molecule has 0 bridgehead atoms. The number of anilines is 2. The lowest BCUT2D eigenvalue weighted by molar-refractivity contribution is -0.111. The molecule has 1 aliphatic heterocycles. The van der Waals surface area contributed by atoms with Gasteiger partial charge in [-0.2, -0.15) is 9.40 Å². The molecule has 1 fully saturated rings. The Kier molecular flexibility index (Phi) is 10.6. The number of nitrogens with zero attached hydrogens (tertiary/aromatic N) is 3. The van der Waals surface area contributed by atoms with Gasteiger partial charge in [0.1, 0.15) is 5.69 Å². The number of nitrogens with one attached hydrogen (secondary N) is 4. The second-order valence-corrected chi connectivity index (χ2v) is 12.8. The average Bonchev–Trinajstić information content (AvgIpc) is 3.41. The molecule has 228 valence electrons. The van der Waals surface area contributed by atoms with Crippen molar-refractivity contribution < 1.29 is 22.8 Å². The molecule has 4 rings (SSSR count). The summed E-state index contributed by atoms with van der Waals surface area (Å²) in [6, 6.07) is 10.3. The van der Waals surface area contributed by atoms with Crippen LogP contribution >= 0.6 is 23.2 Å². The van der Waals surface area contributed by atoms with E-state index in [0.717, 1.165) is 0 Å². The van der Waals surface area contributed by atoms with E-state index in [-0.39, 0.29) is 56.9 Å². The van der Waals surface area contributed by atoms with Gasteiger partial charge >= 0.3 is 0 Å². The number of hydrogen-bond acceptors (Lipinski definition) is 7. The highest BCUT2D eigenvalue weighted by Gasteiger charge is 2.31. The maximum atomic E-state index is 13.2. The number of hydrogen-bond donors (Lipinski definition) is 4. The lowest BCUT2D eigenvalue weighted by Crippen LogP contribution is -2.46. The third-order valence-corrected chi connectivity index (χ3v) is 9.14. The number of carbonyl (C=O) groups excluding carboxylic acids is 3. The molecule has 1 saturated heterocycles. The van der Waals surface area contributed by atoms with Gasteiger partial charge in [-0.05, 0) is 63.3 Å². The minimum Gasteiger partial charge on any atom is -0.348 e. The molecule has 43 heavy (non-hydrogen) atoms. The van der Waals surface area contributed by atoms with Crippen LogP contribution in [-0.2, 0) is 14.8 Å². The summed E-state index contributed by atoms with van der Waals surface area (Å²) in [5.74, 6) is -1.42. The van der Waals surface area contributed by atoms with Gasteiger partial charge < -0.3 is 20.9 Å². The highest BCUT2D eigenvalue weighted by Crippen LogP contribution is 2.26. The zero-order chi connectivity index (χ0) is 31.1. The van der Waals surface area contributed by atoms with Crippen LogP contribution in [0, 0.1) is 0 Å². The summed E-state index contributed by atoms with van der Waals surface area (Å²) < 4.78 is 27.8. The van der Waals surface area contributed by atoms with E-state index in [1.165, 1.54) is 53.0 Å². The van der Waals surface area contributed by atoms with Crippen molar-refractivity contribution in [1.29, 1.82) is 0 Å². The second kappa shape index (κ2) is 14.1. The van der Waals surface area contributed by atoms with Crippen molar-refractivity contribution in [2.24, 2.45) is 0 Å². The van der Waals surface area contributed by atoms with E-state index < -0.39 is 21.8 Å². The highest BCUT2D eigenvalue weighted by molar-refractivity contribution is 7.89. The molecule has 0 aliphatic carbocycles. The van der Waals surface area contributed by atoms with Gasteiger partial charge in [0.25, 0.3) is 11.8 Å². The Balaban J connectivity index is 1.31. The van der Waals surface area contributed by atoms with Crippen LogP contribution in [0.25, 0.3) is 0 Å². The molecule has 3 aromatic rings. The molecule has 1 aliphatic rings. The van der Waals surface area contributed by atoms with Crippen LogP contribution in [-0.4, -0.2) is 85.3 Å². The fourth-order valence-corrected chi connectivity index (χ4v) is 6.40. The average molecular weight is 649 g/mol. The molecule has 0 unspecified atom stereocenters. The minimum absolute atomic E-state index is 0.0342. The Morgan fingerprint density at radius 2 is 1.67 bits per heavy atom. The first-order valence-electron chi connectivity index (χ1n) is 13.3. The molecule has 1 aromatic heterocycles. The summed E-state index contributed by atoms with van der Waals surface area (Å²) in [7, 11) is 0.00318. The van der Waals surface area contributed by atoms with Gasteiger partial charge in [-0.15, -0.1) is 0 Å². The van der Waals surface area contributed by atoms with E-state index in [4.69, 9.17) is 23.2 Å². The SMILES string of the molecule is CN(C)CC=CC(=O)Nc1ccc(S(=O)(=O)N2CCC(NC(=O)c3[nH]ncc3NC(=O)c3c(Cl)cccc3Cl)CC2)cc1. The Hall–Kier alpha value is -3.75. The molecule has 2 heterocycles. The number of sulfonamides is 1. The Bertz CT molecular complexity index is 1600. The number of amides is 3. The van der Waals surface area contributed by atoms with Gasteiger partial charge in [-0.25, -0.2) is 8.42 Å². The zero-order valence-corrected chi connectivity index (χ0v) is 25.8. The third kappa shape index (κ3) is 8.21. The Labute approximate surface area is 259 Å². The second-order valence-electron chi connectivity index (χ2n) is 10.0. The van der Waals surface area contributed by atoms with Crippen molar-refractivity contribution in [1.82, 2.24) is 24.7 Å². The van der Waals surface area contributed by atoms with Crippen molar-refractivity contribution in [2.75, 3.05) is 44.4 Å². The molecule has 15 heteroatoms. The van der Waals surface area contributed by atoms with Crippen LogP contribution in [0.15, 0.2) is 65.7 Å². The van der Waals surface area contributed by atoms with Crippen molar-refractivity contribution in [3.8, 4) is 0 Å². The third-order valence-electron chi connectivity index (χ3n) is 6.59. The molecule has 0 atom stereocenters. The predicted octanol–water partition coefficient (Wildman–Crippen LogP) is 3.61. The largest absolute Gasteiger partial charge is 0.348 e. The van der Waals surface area contributed by atoms with E-state index in [1.54, 1.807) is 12.1 Å². The van der Waals surface area contributed by atoms with E-state index in [2.05, 4.69) is 26.1 Å². The van der Waals surface area contributed by atoms with E-state index in [0.29, 0.717) is 25.1 Å². The van der Waals surface area contributed by atoms with Crippen molar-refractivity contribution in [2.45, 2.75) is 23.8 Å². The molecule has 0 radical (unpaired) electrons. The van der Waals surface area contributed by atoms with Gasteiger partial charge in [0.05, 0.1) is 32.4 Å². The standard InChI is InChI=1S/C28H31Cl2N7O5S/c1-36(2)14-4-7-24(38)32-18-8-10-20(11-9-18)43(41,42)37-15-12-19(13-16-37)33-28(40)26-23(17-31-35-26)34-27(39)25-21(29)5-3-6-22(25)30/h3-11,17,19H,12-16H2,1-2H3,(H,31,35)(H,32,38)(H,33,40)(H,34,39). The predicted molar refractivity (Wildman–Crippen MR) is 165 cm³/mol. The van der Waals surface area contributed by atoms with E-state index in [1.807, 2.05) is 19.0 Å². The van der Waals surface area contributed by atoms with Gasteiger partial charge in [-0.1, -0.05) is 35.3 Å². The number of halogens is 2. The number of piperidine rings is 1. The van der Waals surface area contributed by atoms with Crippen molar-refractivity contribution in [3.63, 3.8) is 0 Å². The first kappa shape index (κ1) is 32.2. The summed E-state index contributed by atoms with van der Waals surface area (Å²) in [4.78, 5) is 39.8. The first-order chi connectivity index (χ1) is 20.5. The van der Waals surface area contributed by atoms with Gasteiger partial charge in [-0.3, -0.25) is 19.5 Å². The van der Waals surface area contributed by atoms with E-state index in [9.17, 15) is 22.8 Å². The number of rotatable bonds is 10. The van der Waals surface area contributed by atoms with Crippen LogP contribution in [0.4, 0.5) is 11.4 Å². The summed E-state index contributed by atoms with van der Waals surface area (Å²) in [5.41, 5.74) is 0.720. The van der Waals surface area contributed by atoms with Crippen LogP contribution in [0.2, 0.25) is 10.0 Å². The van der Waals surface area contributed by atoms with Gasteiger partial charge in [0, 0.05) is 37.4 Å². The molecule has 12 nitrogen and oxygen atoms in total. The quantitative estimate of drug-likeness (QED) is 0.245. The number of carbonyl (C=O) groups is 3. The summed E-state index contributed by atoms with van der Waals surface area (Å²) in [5, 5.41) is 14.9. The molecule has 3 amide bonds. The summed E-state index contributed by atoms with van der Waals surface area (Å²) in [6.07, 6.45) is 5.20. The first-order valence-corrected chi connectivity index (χ1v) is 15.5. The van der Waals surface area contributed by atoms with Crippen LogP contribution < -0.4 is 16.0 Å². The van der Waals surface area contributed by atoms with Crippen LogP contribution in [0.3, 0.4) is 0 Å². The number of aromatic nitrogens is 2. The Morgan fingerprint density at radius 1 is 1.02 bits per heavy atom. The zero-order valence-electron chi connectivity index (χ0n) is 23.4. The van der Waals surface area contributed by atoms with Crippen LogP contribution in [0.1, 0.15) is 33.7 Å². The normalized spacial score (nSPS) is 14.6. The molecular formula is C28H31Cl2N7O5S. The molecule has 0 spiro atoms. The Morgan fingerprint density at radius 3 is 2.30 bits per heavy atom. The summed E-state index contributed by atoms with van der Waals surface area (Å²) in [6.45, 7) is 1.01. The number of benzene rings is 2. The van der Waals surface area contributed by atoms with E-state index >= 15 is 0 Å². The fourth-order valence-electron chi connectivity index (χ4n) is 4.37. The molecular weight excluding hydrogens is 617 g/mol. The number of H-pyrrole nitrogens is 1. The smallest absolute Gasteiger partial charge is 0.271 e. The lowest BCUT2D eigenvalue weighted by atomic mass is 10.1. The lowest BCUT2D eigenvalue weighted by Gasteiger charge is -2.31. The summed E-state index contributed by atoms with van der Waals surface area (Å²) >= 11 is 12.2. The number of likely N-dealkylation sites (N-methyl/N-ethyl adjacent to an activating group) is 1. The minimum atomic E-state index is -3.78. The van der Waals surface area contributed by atoms with Crippen LogP contribution in [0.5, 0.6) is 0 Å². The topological polar surface area (TPSA) is 157 Å².